The summed E-state index contributed by atoms with van der Waals surface area (Å²) >= 11 is 0. The normalized spacial score (nSPS) is 18.1. The Labute approximate surface area is 199 Å². The molecule has 0 saturated carbocycles. The van der Waals surface area contributed by atoms with Crippen molar-refractivity contribution in [1.29, 1.82) is 0 Å². The van der Waals surface area contributed by atoms with Crippen molar-refractivity contribution in [3.05, 3.63) is 112 Å². The molecule has 5 rings (SSSR count). The van der Waals surface area contributed by atoms with Crippen LogP contribution in [0.4, 0.5) is 13.2 Å². The molecule has 0 saturated heterocycles. The van der Waals surface area contributed by atoms with Gasteiger partial charge >= 0.3 is 6.18 Å². The fourth-order valence-electron chi connectivity index (χ4n) is 4.64. The molecule has 0 fully saturated rings. The Kier molecular flexibility index (Phi) is 5.67. The van der Waals surface area contributed by atoms with Crippen molar-refractivity contribution < 1.29 is 18.0 Å². The zero-order chi connectivity index (χ0) is 24.7. The van der Waals surface area contributed by atoms with Gasteiger partial charge in [-0.15, -0.1) is 0 Å². The topological polar surface area (TPSA) is 55.2 Å². The van der Waals surface area contributed by atoms with E-state index in [1.807, 2.05) is 30.3 Å². The van der Waals surface area contributed by atoms with Crippen molar-refractivity contribution in [2.24, 2.45) is 0 Å². The summed E-state index contributed by atoms with van der Waals surface area (Å²) in [6.45, 7) is 1.97. The third kappa shape index (κ3) is 4.20. The van der Waals surface area contributed by atoms with Crippen LogP contribution in [0.25, 0.3) is 10.9 Å². The largest absolute Gasteiger partial charge is 0.416 e. The van der Waals surface area contributed by atoms with E-state index in [9.17, 15) is 22.8 Å². The van der Waals surface area contributed by atoms with Crippen LogP contribution >= 0.6 is 0 Å². The molecule has 2 heterocycles. The Morgan fingerprint density at radius 1 is 0.857 bits per heavy atom. The van der Waals surface area contributed by atoms with Crippen LogP contribution in [0.5, 0.6) is 0 Å². The molecule has 35 heavy (non-hydrogen) atoms. The average molecular weight is 477 g/mol. The number of hydrogen-bond donors (Lipinski definition) is 0. The molecule has 0 bridgehead atoms. The number of carbonyl (C=O) groups excluding carboxylic acids is 1. The zero-order valence-corrected chi connectivity index (χ0v) is 18.9. The van der Waals surface area contributed by atoms with Gasteiger partial charge < -0.3 is 4.90 Å². The van der Waals surface area contributed by atoms with Crippen molar-refractivity contribution in [1.82, 2.24) is 14.5 Å². The van der Waals surface area contributed by atoms with Crippen molar-refractivity contribution in [2.75, 3.05) is 0 Å². The maximum atomic E-state index is 13.6. The molecular formula is C27H22F3N3O2. The Bertz CT molecular complexity index is 1450. The second kappa shape index (κ2) is 8.69. The van der Waals surface area contributed by atoms with Gasteiger partial charge in [0.25, 0.3) is 5.56 Å². The quantitative estimate of drug-likeness (QED) is 0.401. The molecule has 0 radical (unpaired) electrons. The number of hydrogen-bond acceptors (Lipinski definition) is 3. The summed E-state index contributed by atoms with van der Waals surface area (Å²) in [5.74, 6) is 0.189. The van der Waals surface area contributed by atoms with Gasteiger partial charge in [-0.1, -0.05) is 54.6 Å². The van der Waals surface area contributed by atoms with E-state index in [2.05, 4.69) is 0 Å². The summed E-state index contributed by atoms with van der Waals surface area (Å²) in [5.41, 5.74) is 0.988. The van der Waals surface area contributed by atoms with E-state index in [4.69, 9.17) is 4.98 Å². The Morgan fingerprint density at radius 2 is 1.51 bits per heavy atom. The first-order valence-corrected chi connectivity index (χ1v) is 11.3. The van der Waals surface area contributed by atoms with Gasteiger partial charge in [0.1, 0.15) is 11.9 Å². The maximum absolute atomic E-state index is 13.6. The minimum atomic E-state index is -4.44. The highest BCUT2D eigenvalue weighted by molar-refractivity contribution is 5.84. The molecule has 0 aliphatic carbocycles. The molecule has 3 aromatic carbocycles. The summed E-state index contributed by atoms with van der Waals surface area (Å²) in [4.78, 5) is 33.4. The molecule has 0 unspecified atom stereocenters. The van der Waals surface area contributed by atoms with Crippen LogP contribution < -0.4 is 5.56 Å². The van der Waals surface area contributed by atoms with Crippen LogP contribution in [0.2, 0.25) is 0 Å². The van der Waals surface area contributed by atoms with Gasteiger partial charge in [0, 0.05) is 13.0 Å². The second-order valence-electron chi connectivity index (χ2n) is 8.70. The first-order chi connectivity index (χ1) is 16.7. The molecular weight excluding hydrogens is 455 g/mol. The predicted octanol–water partition coefficient (Wildman–Crippen LogP) is 5.30. The summed E-state index contributed by atoms with van der Waals surface area (Å²) < 4.78 is 40.6. The van der Waals surface area contributed by atoms with E-state index in [1.54, 1.807) is 36.1 Å². The standard InChI is InChI=1S/C27H22F3N3O2/c1-17-25(34)32(16-19-7-3-2-4-8-19)23(15-18-11-13-20(14-12-18)27(28,29)30)24-31-22-10-6-5-9-21(22)26(35)33(17)24/h2-14,17,23H,15-16H2,1H3/t17-,23-/m0/s1. The van der Waals surface area contributed by atoms with Crippen LogP contribution in [0, 0.1) is 0 Å². The lowest BCUT2D eigenvalue weighted by Gasteiger charge is -2.40. The number of alkyl halides is 3. The van der Waals surface area contributed by atoms with Crippen molar-refractivity contribution >= 4 is 16.8 Å². The summed E-state index contributed by atoms with van der Waals surface area (Å²) in [7, 11) is 0. The van der Waals surface area contributed by atoms with E-state index < -0.39 is 23.8 Å². The van der Waals surface area contributed by atoms with E-state index in [-0.39, 0.29) is 24.4 Å². The van der Waals surface area contributed by atoms with E-state index >= 15 is 0 Å². The molecule has 178 valence electrons. The van der Waals surface area contributed by atoms with Crippen LogP contribution in [0.1, 0.15) is 41.5 Å². The van der Waals surface area contributed by atoms with Crippen molar-refractivity contribution in [3.8, 4) is 0 Å². The van der Waals surface area contributed by atoms with Crippen LogP contribution in [0.15, 0.2) is 83.7 Å². The number of aromatic nitrogens is 2. The van der Waals surface area contributed by atoms with Gasteiger partial charge in [-0.2, -0.15) is 13.2 Å². The molecule has 1 aromatic heterocycles. The Balaban J connectivity index is 1.64. The van der Waals surface area contributed by atoms with Gasteiger partial charge in [-0.3, -0.25) is 14.2 Å². The number of halogens is 3. The number of rotatable bonds is 4. The van der Waals surface area contributed by atoms with E-state index in [0.717, 1.165) is 17.7 Å². The highest BCUT2D eigenvalue weighted by Crippen LogP contribution is 2.35. The third-order valence-electron chi connectivity index (χ3n) is 6.44. The van der Waals surface area contributed by atoms with Crippen molar-refractivity contribution in [2.45, 2.75) is 38.1 Å². The summed E-state index contributed by atoms with van der Waals surface area (Å²) in [5, 5.41) is 0.417. The molecule has 1 amide bonds. The van der Waals surface area contributed by atoms with Crippen LogP contribution in [0.3, 0.4) is 0 Å². The van der Waals surface area contributed by atoms with Gasteiger partial charge in [0.05, 0.1) is 22.5 Å². The molecule has 8 heteroatoms. The molecule has 4 aromatic rings. The molecule has 0 spiro atoms. The minimum absolute atomic E-state index is 0.216. The predicted molar refractivity (Wildman–Crippen MR) is 126 cm³/mol. The second-order valence-corrected chi connectivity index (χ2v) is 8.70. The number of carbonyl (C=O) groups is 1. The highest BCUT2D eigenvalue weighted by Gasteiger charge is 2.39. The molecule has 2 atom stereocenters. The maximum Gasteiger partial charge on any atom is 0.416 e. The number of fused-ring (bicyclic) bond motifs is 2. The molecule has 0 N–H and O–H groups in total. The number of nitrogens with zero attached hydrogens (tertiary/aromatic N) is 3. The average Bonchev–Trinajstić information content (AvgIpc) is 2.85. The SMILES string of the molecule is C[C@H]1C(=O)N(Cc2ccccc2)[C@@H](Cc2ccc(C(F)(F)F)cc2)c2nc3ccccc3c(=O)n21. The fraction of sp³-hybridized carbons (Fsp3) is 0.222. The lowest BCUT2D eigenvalue weighted by Crippen LogP contribution is -2.49. The van der Waals surface area contributed by atoms with Crippen molar-refractivity contribution in [3.63, 3.8) is 0 Å². The van der Waals surface area contributed by atoms with Gasteiger partial charge in [0.2, 0.25) is 5.91 Å². The van der Waals surface area contributed by atoms with E-state index in [1.165, 1.54) is 16.7 Å². The van der Waals surface area contributed by atoms with Crippen LogP contribution in [-0.4, -0.2) is 20.4 Å². The minimum Gasteiger partial charge on any atom is -0.326 e. The summed E-state index contributed by atoms with van der Waals surface area (Å²) in [6, 6.07) is 19.9. The van der Waals surface area contributed by atoms with Gasteiger partial charge in [0.15, 0.2) is 0 Å². The lowest BCUT2D eigenvalue weighted by molar-refractivity contribution is -0.140. The number of para-hydroxylation sites is 1. The van der Waals surface area contributed by atoms with Gasteiger partial charge in [-0.25, -0.2) is 4.98 Å². The van der Waals surface area contributed by atoms with Gasteiger partial charge in [-0.05, 0) is 42.3 Å². The van der Waals surface area contributed by atoms with E-state index in [0.29, 0.717) is 22.3 Å². The lowest BCUT2D eigenvalue weighted by atomic mass is 9.97. The Morgan fingerprint density at radius 3 is 2.20 bits per heavy atom. The Hall–Kier alpha value is -3.94. The number of amides is 1. The molecule has 1 aliphatic heterocycles. The highest BCUT2D eigenvalue weighted by atomic mass is 19.4. The third-order valence-corrected chi connectivity index (χ3v) is 6.44. The first-order valence-electron chi connectivity index (χ1n) is 11.3. The van der Waals surface area contributed by atoms with Crippen LogP contribution in [-0.2, 0) is 23.9 Å². The molecule has 5 nitrogen and oxygen atoms in total. The smallest absolute Gasteiger partial charge is 0.326 e. The zero-order valence-electron chi connectivity index (χ0n) is 18.9. The first kappa shape index (κ1) is 22.8. The number of benzene rings is 3. The molecule has 1 aliphatic rings. The monoisotopic (exact) mass is 477 g/mol. The summed E-state index contributed by atoms with van der Waals surface area (Å²) in [6.07, 6.45) is -4.22. The fourth-order valence-corrected chi connectivity index (χ4v) is 4.64.